The van der Waals surface area contributed by atoms with Crippen LogP contribution in [0, 0.1) is 34.0 Å². The van der Waals surface area contributed by atoms with Crippen molar-refractivity contribution in [3.8, 4) is 0 Å². The molecule has 1 unspecified atom stereocenters. The SMILES string of the molecule is CC(=O)[C@H]1CC[C@@H]2[C@]1(C)CC[C@H]1[C@@]2(C)CC=C2C[C@@H](OC3CCCCO3)CC[C@@]21C. The largest absolute Gasteiger partial charge is 0.353 e. The standard InChI is InChI=1S/C27H42O3/c1-18(28)21-8-9-22-26(21,3)15-12-23-25(2)14-11-20(30-24-7-5-6-16-29-24)17-19(25)10-13-27(22,23)4/h10,20-24H,5-9,11-17H2,1-4H3/t20-,21+,22+,23+,24?,25-,26+,27-/m0/s1. The highest BCUT2D eigenvalue weighted by Crippen LogP contribution is 2.71. The van der Waals surface area contributed by atoms with Crippen LogP contribution in [0.15, 0.2) is 11.6 Å². The van der Waals surface area contributed by atoms with Gasteiger partial charge in [0.05, 0.1) is 6.10 Å². The highest BCUT2D eigenvalue weighted by Gasteiger charge is 2.64. The molecule has 8 atom stereocenters. The number of hydrogen-bond donors (Lipinski definition) is 0. The van der Waals surface area contributed by atoms with Crippen LogP contribution >= 0.6 is 0 Å². The van der Waals surface area contributed by atoms with E-state index in [1.165, 1.54) is 44.9 Å². The Morgan fingerprint density at radius 1 is 1.00 bits per heavy atom. The number of carbonyl (C=O) groups is 1. The Labute approximate surface area is 183 Å². The summed E-state index contributed by atoms with van der Waals surface area (Å²) in [6.45, 7) is 10.3. The number of ether oxygens (including phenoxy) is 2. The highest BCUT2D eigenvalue weighted by atomic mass is 16.7. The minimum atomic E-state index is 0.0277. The highest BCUT2D eigenvalue weighted by molar-refractivity contribution is 5.79. The predicted octanol–water partition coefficient (Wildman–Crippen LogP) is 6.46. The van der Waals surface area contributed by atoms with Crippen molar-refractivity contribution >= 4 is 5.78 Å². The summed E-state index contributed by atoms with van der Waals surface area (Å²) in [5, 5.41) is 0. The monoisotopic (exact) mass is 414 g/mol. The third-order valence-electron chi connectivity index (χ3n) is 10.6. The molecular formula is C27H42O3. The molecule has 0 aromatic heterocycles. The first-order valence-electron chi connectivity index (χ1n) is 12.7. The van der Waals surface area contributed by atoms with Crippen molar-refractivity contribution in [1.82, 2.24) is 0 Å². The predicted molar refractivity (Wildman–Crippen MR) is 119 cm³/mol. The van der Waals surface area contributed by atoms with Crippen LogP contribution in [0.2, 0.25) is 0 Å². The summed E-state index contributed by atoms with van der Waals surface area (Å²) >= 11 is 0. The van der Waals surface area contributed by atoms with Gasteiger partial charge in [-0.15, -0.1) is 0 Å². The van der Waals surface area contributed by atoms with E-state index in [2.05, 4.69) is 26.8 Å². The Balaban J connectivity index is 1.36. The molecule has 0 aromatic rings. The summed E-state index contributed by atoms with van der Waals surface area (Å²) in [5.74, 6) is 2.17. The summed E-state index contributed by atoms with van der Waals surface area (Å²) in [7, 11) is 0. The maximum atomic E-state index is 12.4. The number of hydrogen-bond acceptors (Lipinski definition) is 3. The zero-order valence-corrected chi connectivity index (χ0v) is 19.7. The molecule has 0 radical (unpaired) electrons. The molecule has 0 bridgehead atoms. The van der Waals surface area contributed by atoms with Crippen LogP contribution in [0.25, 0.3) is 0 Å². The first kappa shape index (κ1) is 21.2. The Kier molecular flexibility index (Phi) is 5.26. The van der Waals surface area contributed by atoms with Crippen molar-refractivity contribution in [2.75, 3.05) is 6.61 Å². The molecule has 5 aliphatic rings. The molecule has 1 heterocycles. The fourth-order valence-corrected chi connectivity index (χ4v) is 9.10. The van der Waals surface area contributed by atoms with E-state index in [0.717, 1.165) is 38.2 Å². The second-order valence-corrected chi connectivity index (χ2v) is 12.0. The van der Waals surface area contributed by atoms with Crippen molar-refractivity contribution in [3.63, 3.8) is 0 Å². The Morgan fingerprint density at radius 3 is 2.57 bits per heavy atom. The van der Waals surface area contributed by atoms with E-state index in [-0.39, 0.29) is 17.6 Å². The van der Waals surface area contributed by atoms with Crippen molar-refractivity contribution in [2.45, 2.75) is 111 Å². The van der Waals surface area contributed by atoms with Crippen molar-refractivity contribution in [3.05, 3.63) is 11.6 Å². The lowest BCUT2D eigenvalue weighted by Gasteiger charge is -2.63. The molecule has 3 saturated carbocycles. The molecule has 3 heteroatoms. The molecule has 3 nitrogen and oxygen atoms in total. The minimum Gasteiger partial charge on any atom is -0.353 e. The van der Waals surface area contributed by atoms with E-state index in [9.17, 15) is 4.79 Å². The summed E-state index contributed by atoms with van der Waals surface area (Å²) in [6.07, 6.45) is 16.0. The van der Waals surface area contributed by atoms with Gasteiger partial charge < -0.3 is 9.47 Å². The molecule has 0 amide bonds. The summed E-state index contributed by atoms with van der Waals surface area (Å²) in [6, 6.07) is 0. The third-order valence-corrected chi connectivity index (χ3v) is 10.6. The van der Waals surface area contributed by atoms with Crippen molar-refractivity contribution in [2.24, 2.45) is 34.0 Å². The van der Waals surface area contributed by atoms with Crippen LogP contribution in [0.1, 0.15) is 98.3 Å². The van der Waals surface area contributed by atoms with Gasteiger partial charge in [0, 0.05) is 12.5 Å². The Bertz CT molecular complexity index is 722. The fourth-order valence-electron chi connectivity index (χ4n) is 9.10. The van der Waals surface area contributed by atoms with E-state index in [0.29, 0.717) is 28.6 Å². The first-order chi connectivity index (χ1) is 14.3. The number of fused-ring (bicyclic) bond motifs is 5. The molecule has 1 aliphatic heterocycles. The van der Waals surface area contributed by atoms with Gasteiger partial charge in [0.15, 0.2) is 6.29 Å². The maximum absolute atomic E-state index is 12.4. The number of Topliss-reactive ketones (excluding diaryl/α,β-unsaturated/α-hetero) is 1. The first-order valence-corrected chi connectivity index (χ1v) is 12.7. The minimum absolute atomic E-state index is 0.0277. The van der Waals surface area contributed by atoms with E-state index < -0.39 is 0 Å². The number of rotatable bonds is 3. The van der Waals surface area contributed by atoms with Gasteiger partial charge in [-0.1, -0.05) is 32.4 Å². The van der Waals surface area contributed by atoms with Gasteiger partial charge in [-0.2, -0.15) is 0 Å². The van der Waals surface area contributed by atoms with Crippen LogP contribution in [0.4, 0.5) is 0 Å². The van der Waals surface area contributed by atoms with Crippen LogP contribution < -0.4 is 0 Å². The lowest BCUT2D eigenvalue weighted by Crippen LogP contribution is -2.56. The number of ketones is 1. The van der Waals surface area contributed by atoms with Gasteiger partial charge in [0.1, 0.15) is 5.78 Å². The normalized spacial score (nSPS) is 50.8. The summed E-state index contributed by atoms with van der Waals surface area (Å²) in [4.78, 5) is 12.4. The zero-order chi connectivity index (χ0) is 21.1. The summed E-state index contributed by atoms with van der Waals surface area (Å²) < 4.78 is 12.3. The van der Waals surface area contributed by atoms with Gasteiger partial charge in [-0.05, 0) is 106 Å². The van der Waals surface area contributed by atoms with Crippen molar-refractivity contribution in [1.29, 1.82) is 0 Å². The third kappa shape index (κ3) is 3.09. The molecule has 30 heavy (non-hydrogen) atoms. The average molecular weight is 415 g/mol. The number of allylic oxidation sites excluding steroid dienone is 1. The molecule has 0 N–H and O–H groups in total. The second kappa shape index (κ2) is 7.44. The van der Waals surface area contributed by atoms with Gasteiger partial charge in [-0.3, -0.25) is 4.79 Å². The van der Waals surface area contributed by atoms with Crippen LogP contribution in [0.3, 0.4) is 0 Å². The lowest BCUT2D eigenvalue weighted by molar-refractivity contribution is -0.197. The fraction of sp³-hybridized carbons (Fsp3) is 0.889. The summed E-state index contributed by atoms with van der Waals surface area (Å²) in [5.41, 5.74) is 2.55. The molecule has 0 aromatic carbocycles. The van der Waals surface area contributed by atoms with Crippen LogP contribution in [-0.2, 0) is 14.3 Å². The van der Waals surface area contributed by atoms with Gasteiger partial charge in [0.2, 0.25) is 0 Å². The van der Waals surface area contributed by atoms with Gasteiger partial charge >= 0.3 is 0 Å². The molecular weight excluding hydrogens is 372 g/mol. The molecule has 168 valence electrons. The Hall–Kier alpha value is -0.670. The van der Waals surface area contributed by atoms with Gasteiger partial charge in [-0.25, -0.2) is 0 Å². The molecule has 4 fully saturated rings. The lowest BCUT2D eigenvalue weighted by atomic mass is 9.41. The van der Waals surface area contributed by atoms with E-state index in [1.54, 1.807) is 5.57 Å². The smallest absolute Gasteiger partial charge is 0.157 e. The number of carbonyl (C=O) groups excluding carboxylic acids is 1. The van der Waals surface area contributed by atoms with E-state index in [4.69, 9.17) is 9.47 Å². The zero-order valence-electron chi connectivity index (χ0n) is 19.7. The maximum Gasteiger partial charge on any atom is 0.157 e. The van der Waals surface area contributed by atoms with E-state index >= 15 is 0 Å². The van der Waals surface area contributed by atoms with Crippen LogP contribution in [0.5, 0.6) is 0 Å². The van der Waals surface area contributed by atoms with Gasteiger partial charge in [0.25, 0.3) is 0 Å². The quantitative estimate of drug-likeness (QED) is 0.497. The average Bonchev–Trinajstić information content (AvgIpc) is 3.08. The molecule has 4 aliphatic carbocycles. The molecule has 1 saturated heterocycles. The van der Waals surface area contributed by atoms with Crippen LogP contribution in [-0.4, -0.2) is 24.8 Å². The molecule has 0 spiro atoms. The van der Waals surface area contributed by atoms with Crippen molar-refractivity contribution < 1.29 is 14.3 Å². The molecule has 5 rings (SSSR count). The topological polar surface area (TPSA) is 35.5 Å². The Morgan fingerprint density at radius 2 is 1.83 bits per heavy atom. The second-order valence-electron chi connectivity index (χ2n) is 12.0. The van der Waals surface area contributed by atoms with E-state index in [1.807, 2.05) is 6.92 Å².